The van der Waals surface area contributed by atoms with Crippen LogP contribution in [0.2, 0.25) is 0 Å². The van der Waals surface area contributed by atoms with Crippen molar-refractivity contribution in [2.75, 3.05) is 5.32 Å². The quantitative estimate of drug-likeness (QED) is 0.790. The van der Waals surface area contributed by atoms with Gasteiger partial charge < -0.3 is 9.72 Å². The molecule has 3 rings (SSSR count). The summed E-state index contributed by atoms with van der Waals surface area (Å²) in [6.45, 7) is 2.03. The smallest absolute Gasteiger partial charge is 0.276 e. The number of benzene rings is 1. The molecule has 2 heterocycles. The van der Waals surface area contributed by atoms with Crippen LogP contribution in [0.3, 0.4) is 0 Å². The molecule has 0 spiro atoms. The number of anilines is 1. The standard InChI is InChI=1S/C16H15N3O/c1-2-14-18-15(13-10-6-7-11-19(13)14)16(20)17-12-8-4-3-5-9-12/h3-11H,2H2,1H3,(H,17,20). The third kappa shape index (κ3) is 2.16. The zero-order chi connectivity index (χ0) is 13.9. The van der Waals surface area contributed by atoms with Crippen LogP contribution < -0.4 is 5.32 Å². The molecule has 1 aromatic carbocycles. The van der Waals surface area contributed by atoms with Crippen molar-refractivity contribution in [3.05, 3.63) is 66.2 Å². The SMILES string of the molecule is CCc1nc(C(=O)Nc2ccccc2)c2ccccn12. The van der Waals surface area contributed by atoms with Gasteiger partial charge in [-0.3, -0.25) is 4.79 Å². The van der Waals surface area contributed by atoms with Gasteiger partial charge in [-0.15, -0.1) is 0 Å². The Bertz CT molecular complexity index is 747. The first-order valence-electron chi connectivity index (χ1n) is 6.62. The second-order valence-corrected chi connectivity index (χ2v) is 4.51. The Labute approximate surface area is 117 Å². The maximum Gasteiger partial charge on any atom is 0.276 e. The van der Waals surface area contributed by atoms with Crippen LogP contribution in [0.1, 0.15) is 23.2 Å². The molecule has 4 heteroatoms. The van der Waals surface area contributed by atoms with Gasteiger partial charge in [-0.25, -0.2) is 4.98 Å². The Hall–Kier alpha value is -2.62. The first-order valence-corrected chi connectivity index (χ1v) is 6.62. The lowest BCUT2D eigenvalue weighted by atomic mass is 10.3. The second-order valence-electron chi connectivity index (χ2n) is 4.51. The second kappa shape index (κ2) is 5.17. The summed E-state index contributed by atoms with van der Waals surface area (Å²) in [5.41, 5.74) is 2.07. The highest BCUT2D eigenvalue weighted by atomic mass is 16.1. The Morgan fingerprint density at radius 2 is 1.90 bits per heavy atom. The van der Waals surface area contributed by atoms with Gasteiger partial charge in [0.25, 0.3) is 5.91 Å². The number of hydrogen-bond acceptors (Lipinski definition) is 2. The molecule has 100 valence electrons. The zero-order valence-corrected chi connectivity index (χ0v) is 11.2. The molecule has 3 aromatic rings. The van der Waals surface area contributed by atoms with E-state index in [4.69, 9.17) is 0 Å². The summed E-state index contributed by atoms with van der Waals surface area (Å²) in [6, 6.07) is 15.2. The lowest BCUT2D eigenvalue weighted by Crippen LogP contribution is -2.12. The molecule has 0 aliphatic rings. The number of rotatable bonds is 3. The third-order valence-corrected chi connectivity index (χ3v) is 3.18. The van der Waals surface area contributed by atoms with Gasteiger partial charge in [-0.2, -0.15) is 0 Å². The molecule has 1 amide bonds. The van der Waals surface area contributed by atoms with E-state index in [9.17, 15) is 4.79 Å². The van der Waals surface area contributed by atoms with E-state index >= 15 is 0 Å². The van der Waals surface area contributed by atoms with Gasteiger partial charge in [0.15, 0.2) is 5.69 Å². The molecule has 0 saturated heterocycles. The van der Waals surface area contributed by atoms with E-state index in [1.165, 1.54) is 0 Å². The van der Waals surface area contributed by atoms with Crippen LogP contribution in [-0.2, 0) is 6.42 Å². The fourth-order valence-corrected chi connectivity index (χ4v) is 2.23. The summed E-state index contributed by atoms with van der Waals surface area (Å²) in [5, 5.41) is 2.87. The largest absolute Gasteiger partial charge is 0.321 e. The minimum absolute atomic E-state index is 0.181. The van der Waals surface area contributed by atoms with Gasteiger partial charge in [0, 0.05) is 18.3 Å². The molecule has 0 aliphatic heterocycles. The summed E-state index contributed by atoms with van der Waals surface area (Å²) in [5.74, 6) is 0.707. The summed E-state index contributed by atoms with van der Waals surface area (Å²) < 4.78 is 1.96. The predicted molar refractivity (Wildman–Crippen MR) is 79.0 cm³/mol. The molecular weight excluding hydrogens is 250 g/mol. The molecule has 0 atom stereocenters. The zero-order valence-electron chi connectivity index (χ0n) is 11.2. The van der Waals surface area contributed by atoms with Crippen LogP contribution in [0.25, 0.3) is 5.52 Å². The number of carbonyl (C=O) groups is 1. The van der Waals surface area contributed by atoms with E-state index in [0.29, 0.717) is 5.69 Å². The van der Waals surface area contributed by atoms with Gasteiger partial charge in [-0.1, -0.05) is 31.2 Å². The first kappa shape index (κ1) is 12.4. The highest BCUT2D eigenvalue weighted by molar-refractivity contribution is 6.07. The Kier molecular flexibility index (Phi) is 3.21. The molecule has 20 heavy (non-hydrogen) atoms. The highest BCUT2D eigenvalue weighted by Gasteiger charge is 2.16. The summed E-state index contributed by atoms with van der Waals surface area (Å²) in [4.78, 5) is 16.8. The van der Waals surface area contributed by atoms with E-state index in [2.05, 4.69) is 10.3 Å². The van der Waals surface area contributed by atoms with Crippen molar-refractivity contribution >= 4 is 17.1 Å². The van der Waals surface area contributed by atoms with Crippen LogP contribution in [0.4, 0.5) is 5.69 Å². The van der Waals surface area contributed by atoms with E-state index in [0.717, 1.165) is 23.4 Å². The van der Waals surface area contributed by atoms with Gasteiger partial charge in [0.2, 0.25) is 0 Å². The number of nitrogens with one attached hydrogen (secondary N) is 1. The van der Waals surface area contributed by atoms with Crippen molar-refractivity contribution in [3.8, 4) is 0 Å². The van der Waals surface area contributed by atoms with E-state index in [1.807, 2.05) is 66.1 Å². The fraction of sp³-hybridized carbons (Fsp3) is 0.125. The maximum absolute atomic E-state index is 12.4. The number of para-hydroxylation sites is 1. The van der Waals surface area contributed by atoms with Crippen LogP contribution in [0.5, 0.6) is 0 Å². The van der Waals surface area contributed by atoms with Crippen molar-refractivity contribution in [1.29, 1.82) is 0 Å². The number of aryl methyl sites for hydroxylation is 1. The first-order chi connectivity index (χ1) is 9.79. The normalized spacial score (nSPS) is 10.7. The topological polar surface area (TPSA) is 46.4 Å². The Morgan fingerprint density at radius 3 is 2.65 bits per heavy atom. The number of carbonyl (C=O) groups excluding carboxylic acids is 1. The van der Waals surface area contributed by atoms with E-state index in [1.54, 1.807) is 0 Å². The van der Waals surface area contributed by atoms with Crippen molar-refractivity contribution in [3.63, 3.8) is 0 Å². The minimum atomic E-state index is -0.181. The van der Waals surface area contributed by atoms with Gasteiger partial charge >= 0.3 is 0 Å². The number of nitrogens with zero attached hydrogens (tertiary/aromatic N) is 2. The molecule has 0 aliphatic carbocycles. The van der Waals surface area contributed by atoms with E-state index in [-0.39, 0.29) is 5.91 Å². The Balaban J connectivity index is 2.00. The average molecular weight is 265 g/mol. The summed E-state index contributed by atoms with van der Waals surface area (Å²) >= 11 is 0. The number of imidazole rings is 1. The molecular formula is C16H15N3O. The molecule has 2 aromatic heterocycles. The van der Waals surface area contributed by atoms with E-state index < -0.39 is 0 Å². The van der Waals surface area contributed by atoms with Crippen molar-refractivity contribution < 1.29 is 4.79 Å². The van der Waals surface area contributed by atoms with Crippen LogP contribution >= 0.6 is 0 Å². The van der Waals surface area contributed by atoms with Crippen molar-refractivity contribution in [2.24, 2.45) is 0 Å². The molecule has 1 N–H and O–H groups in total. The van der Waals surface area contributed by atoms with Gasteiger partial charge in [0.1, 0.15) is 5.82 Å². The number of hydrogen-bond donors (Lipinski definition) is 1. The van der Waals surface area contributed by atoms with Gasteiger partial charge in [0.05, 0.1) is 5.52 Å². The molecule has 4 nitrogen and oxygen atoms in total. The molecule has 0 fully saturated rings. The van der Waals surface area contributed by atoms with Crippen molar-refractivity contribution in [1.82, 2.24) is 9.38 Å². The van der Waals surface area contributed by atoms with Gasteiger partial charge in [-0.05, 0) is 24.3 Å². The number of fused-ring (bicyclic) bond motifs is 1. The number of pyridine rings is 1. The van der Waals surface area contributed by atoms with Crippen LogP contribution in [0, 0.1) is 0 Å². The minimum Gasteiger partial charge on any atom is -0.321 e. The monoisotopic (exact) mass is 265 g/mol. The summed E-state index contributed by atoms with van der Waals surface area (Å²) in [6.07, 6.45) is 2.71. The number of amides is 1. The Morgan fingerprint density at radius 1 is 1.15 bits per heavy atom. The lowest BCUT2D eigenvalue weighted by Gasteiger charge is -2.02. The summed E-state index contributed by atoms with van der Waals surface area (Å²) in [7, 11) is 0. The lowest BCUT2D eigenvalue weighted by molar-refractivity contribution is 0.102. The fourth-order valence-electron chi connectivity index (χ4n) is 2.23. The van der Waals surface area contributed by atoms with Crippen LogP contribution in [-0.4, -0.2) is 15.3 Å². The van der Waals surface area contributed by atoms with Crippen LogP contribution in [0.15, 0.2) is 54.7 Å². The third-order valence-electron chi connectivity index (χ3n) is 3.18. The highest BCUT2D eigenvalue weighted by Crippen LogP contribution is 2.15. The molecule has 0 saturated carbocycles. The predicted octanol–water partition coefficient (Wildman–Crippen LogP) is 3.15. The molecule has 0 bridgehead atoms. The van der Waals surface area contributed by atoms with Crippen molar-refractivity contribution in [2.45, 2.75) is 13.3 Å². The molecule has 0 unspecified atom stereocenters. The molecule has 0 radical (unpaired) electrons. The maximum atomic E-state index is 12.4. The number of aromatic nitrogens is 2. The average Bonchev–Trinajstić information content (AvgIpc) is 2.87.